The van der Waals surface area contributed by atoms with Crippen molar-refractivity contribution in [3.63, 3.8) is 0 Å². The maximum atomic E-state index is 12.3. The minimum absolute atomic E-state index is 0.0231. The zero-order valence-electron chi connectivity index (χ0n) is 16.3. The summed E-state index contributed by atoms with van der Waals surface area (Å²) in [6.45, 7) is 3.78. The number of benzene rings is 2. The van der Waals surface area contributed by atoms with Crippen molar-refractivity contribution >= 4 is 17.6 Å². The molecule has 2 aromatic carbocycles. The third-order valence-corrected chi connectivity index (χ3v) is 4.48. The van der Waals surface area contributed by atoms with Gasteiger partial charge in [0, 0.05) is 24.0 Å². The number of nitrogens with zero attached hydrogens (tertiary/aromatic N) is 1. The highest BCUT2D eigenvalue weighted by molar-refractivity contribution is 5.99. The second kappa shape index (κ2) is 8.97. The molecule has 1 aromatic heterocycles. The Morgan fingerprint density at radius 2 is 1.69 bits per heavy atom. The summed E-state index contributed by atoms with van der Waals surface area (Å²) < 4.78 is 0. The minimum atomic E-state index is -0.520. The molecule has 0 fully saturated rings. The quantitative estimate of drug-likeness (QED) is 0.444. The first-order valence-electron chi connectivity index (χ1n) is 9.24. The van der Waals surface area contributed by atoms with Gasteiger partial charge in [-0.2, -0.15) is 5.10 Å². The Labute approximate surface area is 168 Å². The van der Waals surface area contributed by atoms with Gasteiger partial charge in [0.1, 0.15) is 5.69 Å². The highest BCUT2D eigenvalue weighted by Crippen LogP contribution is 2.17. The topological polar surface area (TPSA) is 104 Å². The Bertz CT molecular complexity index is 1040. The smallest absolute Gasteiger partial charge is 0.287 e. The predicted molar refractivity (Wildman–Crippen MR) is 109 cm³/mol. The van der Waals surface area contributed by atoms with E-state index in [2.05, 4.69) is 21.0 Å². The van der Waals surface area contributed by atoms with Crippen molar-refractivity contribution in [3.05, 3.63) is 77.0 Å². The fraction of sp³-hybridized carbons (Fsp3) is 0.182. The third kappa shape index (κ3) is 5.16. The maximum Gasteiger partial charge on any atom is 0.287 e. The average molecular weight is 390 g/mol. The molecular weight excluding hydrogens is 368 g/mol. The number of nitrogens with one attached hydrogen (secondary N) is 3. The van der Waals surface area contributed by atoms with Crippen LogP contribution in [0.5, 0.6) is 0 Å². The van der Waals surface area contributed by atoms with E-state index in [0.717, 1.165) is 16.7 Å². The van der Waals surface area contributed by atoms with E-state index in [1.165, 1.54) is 0 Å². The first-order valence-corrected chi connectivity index (χ1v) is 9.24. The molecule has 148 valence electrons. The second-order valence-electron chi connectivity index (χ2n) is 6.78. The Morgan fingerprint density at radius 3 is 2.45 bits per heavy atom. The van der Waals surface area contributed by atoms with Gasteiger partial charge in [-0.05, 0) is 31.5 Å². The summed E-state index contributed by atoms with van der Waals surface area (Å²) in [5, 5.41) is 6.74. The summed E-state index contributed by atoms with van der Waals surface area (Å²) in [6, 6.07) is 16.7. The SMILES string of the molecule is Cc1ccc(C)c(C(=O)CCC(=O)NNC(=O)c2cc(-c3ccccc3)n[nH]2)c1. The van der Waals surface area contributed by atoms with E-state index in [-0.39, 0.29) is 24.3 Å². The first-order chi connectivity index (χ1) is 13.9. The zero-order valence-corrected chi connectivity index (χ0v) is 16.3. The number of rotatable bonds is 6. The maximum absolute atomic E-state index is 12.3. The Morgan fingerprint density at radius 1 is 0.931 bits per heavy atom. The van der Waals surface area contributed by atoms with E-state index in [4.69, 9.17) is 0 Å². The molecular formula is C22H22N4O3. The molecule has 3 aromatic rings. The number of carbonyl (C=O) groups excluding carboxylic acids is 3. The molecule has 0 saturated carbocycles. The number of hydrogen-bond acceptors (Lipinski definition) is 4. The minimum Gasteiger partial charge on any atom is -0.294 e. The molecule has 7 heteroatoms. The van der Waals surface area contributed by atoms with Crippen LogP contribution in [-0.4, -0.2) is 27.8 Å². The molecule has 0 saturated heterocycles. The van der Waals surface area contributed by atoms with Crippen LogP contribution >= 0.6 is 0 Å². The number of aryl methyl sites for hydroxylation is 2. The monoisotopic (exact) mass is 390 g/mol. The van der Waals surface area contributed by atoms with E-state index in [0.29, 0.717) is 11.3 Å². The fourth-order valence-electron chi connectivity index (χ4n) is 2.85. The van der Waals surface area contributed by atoms with Gasteiger partial charge >= 0.3 is 0 Å². The molecule has 0 aliphatic rings. The number of ketones is 1. The van der Waals surface area contributed by atoms with Crippen LogP contribution in [0.4, 0.5) is 0 Å². The number of amides is 2. The van der Waals surface area contributed by atoms with Crippen molar-refractivity contribution in [2.24, 2.45) is 0 Å². The van der Waals surface area contributed by atoms with Crippen molar-refractivity contribution < 1.29 is 14.4 Å². The molecule has 1 heterocycles. The van der Waals surface area contributed by atoms with Crippen molar-refractivity contribution in [1.82, 2.24) is 21.0 Å². The van der Waals surface area contributed by atoms with E-state index in [9.17, 15) is 14.4 Å². The van der Waals surface area contributed by atoms with Crippen LogP contribution in [0, 0.1) is 13.8 Å². The molecule has 0 atom stereocenters. The van der Waals surface area contributed by atoms with Gasteiger partial charge in [-0.3, -0.25) is 30.3 Å². The van der Waals surface area contributed by atoms with Gasteiger partial charge in [0.05, 0.1) is 5.69 Å². The van der Waals surface area contributed by atoms with E-state index in [1.807, 2.05) is 62.4 Å². The number of hydrogen-bond donors (Lipinski definition) is 3. The Kier molecular flexibility index (Phi) is 6.19. The molecule has 0 aliphatic carbocycles. The average Bonchev–Trinajstić information content (AvgIpc) is 3.23. The van der Waals surface area contributed by atoms with Crippen LogP contribution < -0.4 is 10.9 Å². The lowest BCUT2D eigenvalue weighted by Crippen LogP contribution is -2.41. The van der Waals surface area contributed by atoms with Crippen LogP contribution in [0.1, 0.15) is 44.8 Å². The molecule has 29 heavy (non-hydrogen) atoms. The summed E-state index contributed by atoms with van der Waals surface area (Å²) in [5.41, 5.74) is 8.85. The van der Waals surface area contributed by atoms with Crippen molar-refractivity contribution in [1.29, 1.82) is 0 Å². The number of Topliss-reactive ketones (excluding diaryl/α,β-unsaturated/α-hetero) is 1. The molecule has 0 bridgehead atoms. The van der Waals surface area contributed by atoms with Gasteiger partial charge in [0.2, 0.25) is 5.91 Å². The summed E-state index contributed by atoms with van der Waals surface area (Å²) >= 11 is 0. The van der Waals surface area contributed by atoms with Crippen molar-refractivity contribution in [3.8, 4) is 11.3 Å². The van der Waals surface area contributed by atoms with Crippen LogP contribution in [0.3, 0.4) is 0 Å². The number of H-pyrrole nitrogens is 1. The van der Waals surface area contributed by atoms with Gasteiger partial charge in [0.15, 0.2) is 5.78 Å². The van der Waals surface area contributed by atoms with Gasteiger partial charge in [-0.25, -0.2) is 0 Å². The molecule has 3 rings (SSSR count). The van der Waals surface area contributed by atoms with Gasteiger partial charge < -0.3 is 0 Å². The normalized spacial score (nSPS) is 10.4. The lowest BCUT2D eigenvalue weighted by molar-refractivity contribution is -0.121. The Balaban J connectivity index is 1.49. The molecule has 0 unspecified atom stereocenters. The summed E-state index contributed by atoms with van der Waals surface area (Å²) in [7, 11) is 0. The lowest BCUT2D eigenvalue weighted by atomic mass is 9.99. The summed E-state index contributed by atoms with van der Waals surface area (Å²) in [4.78, 5) is 36.5. The van der Waals surface area contributed by atoms with Crippen LogP contribution in [0.15, 0.2) is 54.6 Å². The molecule has 0 spiro atoms. The number of aromatic nitrogens is 2. The van der Waals surface area contributed by atoms with Crippen LogP contribution in [0.2, 0.25) is 0 Å². The molecule has 7 nitrogen and oxygen atoms in total. The fourth-order valence-corrected chi connectivity index (χ4v) is 2.85. The number of hydrazine groups is 1. The molecule has 0 aliphatic heterocycles. The number of aromatic amines is 1. The van der Waals surface area contributed by atoms with Crippen molar-refractivity contribution in [2.45, 2.75) is 26.7 Å². The molecule has 3 N–H and O–H groups in total. The van der Waals surface area contributed by atoms with E-state index >= 15 is 0 Å². The van der Waals surface area contributed by atoms with Gasteiger partial charge in [-0.15, -0.1) is 0 Å². The second-order valence-corrected chi connectivity index (χ2v) is 6.78. The highest BCUT2D eigenvalue weighted by Gasteiger charge is 2.14. The van der Waals surface area contributed by atoms with Crippen LogP contribution in [-0.2, 0) is 4.79 Å². The van der Waals surface area contributed by atoms with E-state index < -0.39 is 11.8 Å². The van der Waals surface area contributed by atoms with E-state index in [1.54, 1.807) is 6.07 Å². The molecule has 0 radical (unpaired) electrons. The van der Waals surface area contributed by atoms with Crippen LogP contribution in [0.25, 0.3) is 11.3 Å². The summed E-state index contributed by atoms with van der Waals surface area (Å²) in [5.74, 6) is -1.07. The molecule has 2 amide bonds. The Hall–Kier alpha value is -3.74. The van der Waals surface area contributed by atoms with Gasteiger partial charge in [0.25, 0.3) is 5.91 Å². The van der Waals surface area contributed by atoms with Crippen molar-refractivity contribution in [2.75, 3.05) is 0 Å². The third-order valence-electron chi connectivity index (χ3n) is 4.48. The standard InChI is InChI=1S/C22H22N4O3/c1-14-8-9-15(2)17(12-14)20(27)10-11-21(28)25-26-22(29)19-13-18(23-24-19)16-6-4-3-5-7-16/h3-9,12-13H,10-11H2,1-2H3,(H,23,24)(H,25,28)(H,26,29). The zero-order chi connectivity index (χ0) is 20.8. The van der Waals surface area contributed by atoms with Gasteiger partial charge in [-0.1, -0.05) is 48.0 Å². The first kappa shape index (κ1) is 20.0. The predicted octanol–water partition coefficient (Wildman–Crippen LogP) is 3.12. The lowest BCUT2D eigenvalue weighted by Gasteiger charge is -2.08. The highest BCUT2D eigenvalue weighted by atomic mass is 16.2. The largest absolute Gasteiger partial charge is 0.294 e. The number of carbonyl (C=O) groups is 3. The summed E-state index contributed by atoms with van der Waals surface area (Å²) in [6.07, 6.45) is 0.0406.